The highest BCUT2D eigenvalue weighted by atomic mass is 19.2. The van der Waals surface area contributed by atoms with E-state index in [1.165, 1.54) is 12.1 Å². The number of rotatable bonds is 3. The van der Waals surface area contributed by atoms with Crippen molar-refractivity contribution in [3.05, 3.63) is 47.9 Å². The lowest BCUT2D eigenvalue weighted by atomic mass is 10.3. The van der Waals surface area contributed by atoms with E-state index in [0.29, 0.717) is 0 Å². The summed E-state index contributed by atoms with van der Waals surface area (Å²) in [6.07, 6.45) is 2.11. The van der Waals surface area contributed by atoms with Crippen LogP contribution in [0.5, 0.6) is 11.6 Å². The normalized spacial score (nSPS) is 10.1. The fourth-order valence-corrected chi connectivity index (χ4v) is 1.18. The van der Waals surface area contributed by atoms with Gasteiger partial charge >= 0.3 is 5.97 Å². The third-order valence-corrected chi connectivity index (χ3v) is 1.96. The van der Waals surface area contributed by atoms with Gasteiger partial charge in [-0.05, 0) is 12.1 Å². The predicted octanol–water partition coefficient (Wildman–Crippen LogP) is 2.25. The Morgan fingerprint density at radius 3 is 2.78 bits per heavy atom. The first kappa shape index (κ1) is 11.9. The Kier molecular flexibility index (Phi) is 3.13. The second-order valence-corrected chi connectivity index (χ2v) is 3.20. The maximum atomic E-state index is 13.3. The average Bonchev–Trinajstić information content (AvgIpc) is 2.35. The Morgan fingerprint density at radius 2 is 2.06 bits per heavy atom. The molecular weight excluding hydrogens is 246 g/mol. The van der Waals surface area contributed by atoms with Gasteiger partial charge in [0.1, 0.15) is 0 Å². The smallest absolute Gasteiger partial charge is 0.356 e. The highest BCUT2D eigenvalue weighted by Gasteiger charge is 2.12. The van der Waals surface area contributed by atoms with Crippen LogP contribution in [0.1, 0.15) is 10.5 Å². The van der Waals surface area contributed by atoms with Crippen LogP contribution in [-0.2, 0) is 0 Å². The van der Waals surface area contributed by atoms with Crippen LogP contribution in [-0.4, -0.2) is 21.0 Å². The first-order chi connectivity index (χ1) is 8.58. The molecule has 7 heteroatoms. The molecule has 0 aliphatic carbocycles. The topological polar surface area (TPSA) is 72.3 Å². The van der Waals surface area contributed by atoms with E-state index in [2.05, 4.69) is 9.97 Å². The molecular formula is C11H6F2N2O3. The van der Waals surface area contributed by atoms with Crippen molar-refractivity contribution in [1.82, 2.24) is 9.97 Å². The van der Waals surface area contributed by atoms with E-state index in [0.717, 1.165) is 18.5 Å². The van der Waals surface area contributed by atoms with Crippen molar-refractivity contribution < 1.29 is 23.4 Å². The molecule has 0 fully saturated rings. The van der Waals surface area contributed by atoms with E-state index in [1.54, 1.807) is 0 Å². The number of aromatic carboxylic acids is 1. The summed E-state index contributed by atoms with van der Waals surface area (Å²) in [7, 11) is 0. The molecule has 1 heterocycles. The lowest BCUT2D eigenvalue weighted by molar-refractivity contribution is 0.0689. The van der Waals surface area contributed by atoms with Gasteiger partial charge in [-0.2, -0.15) is 4.39 Å². The molecule has 92 valence electrons. The molecule has 0 radical (unpaired) electrons. The van der Waals surface area contributed by atoms with Crippen LogP contribution in [0, 0.1) is 11.6 Å². The van der Waals surface area contributed by atoms with Gasteiger partial charge in [0, 0.05) is 0 Å². The van der Waals surface area contributed by atoms with Crippen LogP contribution in [0.25, 0.3) is 0 Å². The molecule has 0 amide bonds. The maximum Gasteiger partial charge on any atom is 0.356 e. The zero-order chi connectivity index (χ0) is 13.1. The molecule has 2 rings (SSSR count). The monoisotopic (exact) mass is 252 g/mol. The van der Waals surface area contributed by atoms with Gasteiger partial charge in [-0.1, -0.05) is 6.07 Å². The molecule has 0 aliphatic rings. The summed E-state index contributed by atoms with van der Waals surface area (Å²) in [4.78, 5) is 17.8. The molecule has 0 saturated heterocycles. The van der Waals surface area contributed by atoms with Crippen LogP contribution < -0.4 is 4.74 Å². The predicted molar refractivity (Wildman–Crippen MR) is 55.4 cm³/mol. The molecule has 1 N–H and O–H groups in total. The summed E-state index contributed by atoms with van der Waals surface area (Å²) in [6, 6.07) is 3.37. The minimum Gasteiger partial charge on any atom is -0.476 e. The Morgan fingerprint density at radius 1 is 1.28 bits per heavy atom. The molecule has 5 nitrogen and oxygen atoms in total. The standard InChI is InChI=1S/C11H6F2N2O3/c12-6-2-1-3-8(10(6)13)18-9-5-14-4-7(15-9)11(16)17/h1-5H,(H,16,17). The quantitative estimate of drug-likeness (QED) is 0.906. The number of carbonyl (C=O) groups is 1. The third kappa shape index (κ3) is 2.40. The van der Waals surface area contributed by atoms with Crippen LogP contribution in [0.3, 0.4) is 0 Å². The Balaban J connectivity index is 2.31. The third-order valence-electron chi connectivity index (χ3n) is 1.96. The Labute approximate surface area is 99.7 Å². The van der Waals surface area contributed by atoms with Crippen molar-refractivity contribution in [2.45, 2.75) is 0 Å². The second-order valence-electron chi connectivity index (χ2n) is 3.20. The summed E-state index contributed by atoms with van der Waals surface area (Å²) < 4.78 is 31.1. The number of ether oxygens (including phenoxy) is 1. The van der Waals surface area contributed by atoms with Crippen molar-refractivity contribution in [2.75, 3.05) is 0 Å². The van der Waals surface area contributed by atoms with Crippen molar-refractivity contribution in [2.24, 2.45) is 0 Å². The van der Waals surface area contributed by atoms with Gasteiger partial charge in [0.05, 0.1) is 12.4 Å². The van der Waals surface area contributed by atoms with Crippen LogP contribution in [0.4, 0.5) is 8.78 Å². The van der Waals surface area contributed by atoms with Crippen molar-refractivity contribution in [3.8, 4) is 11.6 Å². The van der Waals surface area contributed by atoms with E-state index in [9.17, 15) is 13.6 Å². The number of aromatic nitrogens is 2. The van der Waals surface area contributed by atoms with Crippen LogP contribution in [0.2, 0.25) is 0 Å². The fourth-order valence-electron chi connectivity index (χ4n) is 1.18. The highest BCUT2D eigenvalue weighted by molar-refractivity contribution is 5.84. The van der Waals surface area contributed by atoms with E-state index in [-0.39, 0.29) is 11.6 Å². The minimum atomic E-state index is -1.30. The van der Waals surface area contributed by atoms with E-state index in [4.69, 9.17) is 9.84 Å². The van der Waals surface area contributed by atoms with E-state index < -0.39 is 23.4 Å². The SMILES string of the molecule is O=C(O)c1cncc(Oc2cccc(F)c2F)n1. The van der Waals surface area contributed by atoms with Crippen LogP contribution >= 0.6 is 0 Å². The summed E-state index contributed by atoms with van der Waals surface area (Å²) in [5.74, 6) is -4.19. The molecule has 0 aliphatic heterocycles. The van der Waals surface area contributed by atoms with Crippen molar-refractivity contribution >= 4 is 5.97 Å². The summed E-state index contributed by atoms with van der Waals surface area (Å²) in [5.41, 5.74) is -0.357. The zero-order valence-electron chi connectivity index (χ0n) is 8.80. The molecule has 1 aromatic heterocycles. The molecule has 1 aromatic carbocycles. The number of hydrogen-bond donors (Lipinski definition) is 1. The largest absolute Gasteiger partial charge is 0.476 e. The molecule has 0 bridgehead atoms. The van der Waals surface area contributed by atoms with E-state index >= 15 is 0 Å². The van der Waals surface area contributed by atoms with E-state index in [1.807, 2.05) is 0 Å². The number of nitrogens with zero attached hydrogens (tertiary/aromatic N) is 2. The molecule has 0 saturated carbocycles. The minimum absolute atomic E-state index is 0.237. The van der Waals surface area contributed by atoms with Crippen molar-refractivity contribution in [1.29, 1.82) is 0 Å². The first-order valence-electron chi connectivity index (χ1n) is 4.75. The number of benzene rings is 1. The van der Waals surface area contributed by atoms with Gasteiger partial charge in [-0.25, -0.2) is 14.2 Å². The lowest BCUT2D eigenvalue weighted by Gasteiger charge is -2.05. The zero-order valence-corrected chi connectivity index (χ0v) is 8.80. The molecule has 18 heavy (non-hydrogen) atoms. The summed E-state index contributed by atoms with van der Waals surface area (Å²) >= 11 is 0. The lowest BCUT2D eigenvalue weighted by Crippen LogP contribution is -2.02. The summed E-state index contributed by atoms with van der Waals surface area (Å²) in [5, 5.41) is 8.68. The number of carboxylic acid groups (broad SMARTS) is 1. The van der Waals surface area contributed by atoms with Gasteiger partial charge in [0.15, 0.2) is 17.3 Å². The fraction of sp³-hybridized carbons (Fsp3) is 0. The summed E-state index contributed by atoms with van der Waals surface area (Å²) in [6.45, 7) is 0. The highest BCUT2D eigenvalue weighted by Crippen LogP contribution is 2.24. The number of hydrogen-bond acceptors (Lipinski definition) is 4. The van der Waals surface area contributed by atoms with Gasteiger partial charge in [0.25, 0.3) is 0 Å². The van der Waals surface area contributed by atoms with Gasteiger partial charge in [-0.3, -0.25) is 4.98 Å². The van der Waals surface area contributed by atoms with Crippen LogP contribution in [0.15, 0.2) is 30.6 Å². The van der Waals surface area contributed by atoms with Gasteiger partial charge < -0.3 is 9.84 Å². The second kappa shape index (κ2) is 4.74. The number of halogens is 2. The van der Waals surface area contributed by atoms with Crippen molar-refractivity contribution in [3.63, 3.8) is 0 Å². The first-order valence-corrected chi connectivity index (χ1v) is 4.75. The maximum absolute atomic E-state index is 13.3. The Hall–Kier alpha value is -2.57. The molecule has 0 spiro atoms. The van der Waals surface area contributed by atoms with Gasteiger partial charge in [0.2, 0.25) is 11.7 Å². The molecule has 0 unspecified atom stereocenters. The Bertz CT molecular complexity index is 605. The van der Waals surface area contributed by atoms with Gasteiger partial charge in [-0.15, -0.1) is 0 Å². The molecule has 0 atom stereocenters. The number of carboxylic acids is 1. The average molecular weight is 252 g/mol. The molecule has 2 aromatic rings.